The molecule has 0 saturated heterocycles. The lowest BCUT2D eigenvalue weighted by molar-refractivity contribution is 0.817. The van der Waals surface area contributed by atoms with Crippen LogP contribution in [0.4, 0.5) is 0 Å². The number of nitrogens with two attached hydrogens (primary N) is 1. The molecular formula is C16H15Cl2N3. The lowest BCUT2D eigenvalue weighted by Crippen LogP contribution is -2.02. The van der Waals surface area contributed by atoms with Gasteiger partial charge in [-0.05, 0) is 48.4 Å². The summed E-state index contributed by atoms with van der Waals surface area (Å²) in [5.41, 5.74) is 8.96. The summed E-state index contributed by atoms with van der Waals surface area (Å²) in [6.07, 6.45) is 4.77. The summed E-state index contributed by atoms with van der Waals surface area (Å²) in [6, 6.07) is 9.72. The van der Waals surface area contributed by atoms with Crippen LogP contribution < -0.4 is 5.73 Å². The SMILES string of the molecule is NCCc1cn(Cc2ccc(Cl)c(Cl)c2)c2ncccc12. The Kier molecular flexibility index (Phi) is 4.15. The topological polar surface area (TPSA) is 43.8 Å². The van der Waals surface area contributed by atoms with Crippen LogP contribution in [0.1, 0.15) is 11.1 Å². The summed E-state index contributed by atoms with van der Waals surface area (Å²) in [5.74, 6) is 0. The van der Waals surface area contributed by atoms with Crippen molar-refractivity contribution >= 4 is 34.2 Å². The normalized spacial score (nSPS) is 11.2. The van der Waals surface area contributed by atoms with E-state index in [1.54, 1.807) is 6.20 Å². The number of benzene rings is 1. The molecule has 0 atom stereocenters. The minimum absolute atomic E-state index is 0.569. The molecule has 0 amide bonds. The fraction of sp³-hybridized carbons (Fsp3) is 0.188. The van der Waals surface area contributed by atoms with Gasteiger partial charge in [0.2, 0.25) is 0 Å². The highest BCUT2D eigenvalue weighted by Gasteiger charge is 2.09. The highest BCUT2D eigenvalue weighted by atomic mass is 35.5. The maximum Gasteiger partial charge on any atom is 0.140 e. The molecule has 2 aromatic heterocycles. The molecule has 0 aliphatic carbocycles. The minimum Gasteiger partial charge on any atom is -0.330 e. The largest absolute Gasteiger partial charge is 0.330 e. The second-order valence-corrected chi connectivity index (χ2v) is 5.76. The molecule has 5 heteroatoms. The summed E-state index contributed by atoms with van der Waals surface area (Å²) >= 11 is 12.0. The second-order valence-electron chi connectivity index (χ2n) is 4.94. The molecule has 0 bridgehead atoms. The summed E-state index contributed by atoms with van der Waals surface area (Å²) in [5, 5.41) is 2.29. The first-order valence-electron chi connectivity index (χ1n) is 6.76. The van der Waals surface area contributed by atoms with Crippen molar-refractivity contribution in [2.24, 2.45) is 5.73 Å². The van der Waals surface area contributed by atoms with E-state index in [1.807, 2.05) is 24.3 Å². The number of pyridine rings is 1. The fourth-order valence-electron chi connectivity index (χ4n) is 2.51. The molecule has 3 aromatic rings. The minimum atomic E-state index is 0.569. The van der Waals surface area contributed by atoms with Gasteiger partial charge in [-0.15, -0.1) is 0 Å². The maximum atomic E-state index is 6.08. The van der Waals surface area contributed by atoms with Gasteiger partial charge in [-0.3, -0.25) is 0 Å². The molecule has 0 spiro atoms. The van der Waals surface area contributed by atoms with E-state index >= 15 is 0 Å². The third kappa shape index (κ3) is 2.91. The summed E-state index contributed by atoms with van der Waals surface area (Å²) in [6.45, 7) is 1.33. The molecule has 3 nitrogen and oxygen atoms in total. The Hall–Kier alpha value is -1.55. The average molecular weight is 320 g/mol. The lowest BCUT2D eigenvalue weighted by Gasteiger charge is -2.06. The van der Waals surface area contributed by atoms with Crippen LogP contribution in [-0.2, 0) is 13.0 Å². The van der Waals surface area contributed by atoms with E-state index in [0.717, 1.165) is 23.0 Å². The van der Waals surface area contributed by atoms with Gasteiger partial charge in [0.05, 0.1) is 10.0 Å². The number of nitrogens with zero attached hydrogens (tertiary/aromatic N) is 2. The van der Waals surface area contributed by atoms with Gasteiger partial charge in [-0.2, -0.15) is 0 Å². The monoisotopic (exact) mass is 319 g/mol. The third-order valence-corrected chi connectivity index (χ3v) is 4.21. The molecule has 108 valence electrons. The highest BCUT2D eigenvalue weighted by molar-refractivity contribution is 6.42. The van der Waals surface area contributed by atoms with Crippen LogP contribution in [0.3, 0.4) is 0 Å². The summed E-state index contributed by atoms with van der Waals surface area (Å²) < 4.78 is 2.12. The molecule has 0 aliphatic rings. The zero-order chi connectivity index (χ0) is 14.8. The van der Waals surface area contributed by atoms with Crippen LogP contribution in [0.2, 0.25) is 10.0 Å². The maximum absolute atomic E-state index is 6.08. The van der Waals surface area contributed by atoms with Gasteiger partial charge in [0.15, 0.2) is 0 Å². The Morgan fingerprint density at radius 1 is 1.14 bits per heavy atom. The number of rotatable bonds is 4. The Labute approximate surface area is 133 Å². The molecule has 0 saturated carbocycles. The molecule has 1 aromatic carbocycles. The first-order chi connectivity index (χ1) is 10.2. The van der Waals surface area contributed by atoms with Crippen molar-refractivity contribution in [2.75, 3.05) is 6.54 Å². The van der Waals surface area contributed by atoms with Crippen molar-refractivity contribution in [1.29, 1.82) is 0 Å². The predicted molar refractivity (Wildman–Crippen MR) is 88.1 cm³/mol. The second kappa shape index (κ2) is 6.06. The quantitative estimate of drug-likeness (QED) is 0.792. The summed E-state index contributed by atoms with van der Waals surface area (Å²) in [4.78, 5) is 4.48. The van der Waals surface area contributed by atoms with Crippen LogP contribution in [0, 0.1) is 0 Å². The molecule has 0 fully saturated rings. The van der Waals surface area contributed by atoms with Gasteiger partial charge in [0.25, 0.3) is 0 Å². The molecule has 3 rings (SSSR count). The van der Waals surface area contributed by atoms with E-state index < -0.39 is 0 Å². The van der Waals surface area contributed by atoms with Crippen molar-refractivity contribution in [1.82, 2.24) is 9.55 Å². The third-order valence-electron chi connectivity index (χ3n) is 3.47. The number of aromatic nitrogens is 2. The van der Waals surface area contributed by atoms with Crippen molar-refractivity contribution in [3.63, 3.8) is 0 Å². The molecule has 2 N–H and O–H groups in total. The summed E-state index contributed by atoms with van der Waals surface area (Å²) in [7, 11) is 0. The van der Waals surface area contributed by atoms with Crippen molar-refractivity contribution in [3.8, 4) is 0 Å². The van der Waals surface area contributed by atoms with Crippen LogP contribution in [0.5, 0.6) is 0 Å². The zero-order valence-electron chi connectivity index (χ0n) is 11.4. The van der Waals surface area contributed by atoms with Gasteiger partial charge in [0, 0.05) is 24.3 Å². The predicted octanol–water partition coefficient (Wildman–Crippen LogP) is 3.89. The number of fused-ring (bicyclic) bond motifs is 1. The van der Waals surface area contributed by atoms with E-state index in [0.29, 0.717) is 23.1 Å². The van der Waals surface area contributed by atoms with E-state index in [-0.39, 0.29) is 0 Å². The Balaban J connectivity index is 2.01. The van der Waals surface area contributed by atoms with Crippen LogP contribution in [-0.4, -0.2) is 16.1 Å². The average Bonchev–Trinajstić information content (AvgIpc) is 2.82. The van der Waals surface area contributed by atoms with E-state index in [4.69, 9.17) is 28.9 Å². The highest BCUT2D eigenvalue weighted by Crippen LogP contribution is 2.25. The number of hydrogen-bond donors (Lipinski definition) is 1. The van der Waals surface area contributed by atoms with Crippen molar-refractivity contribution < 1.29 is 0 Å². The van der Waals surface area contributed by atoms with E-state index in [2.05, 4.69) is 21.8 Å². The van der Waals surface area contributed by atoms with Crippen LogP contribution >= 0.6 is 23.2 Å². The molecule has 21 heavy (non-hydrogen) atoms. The molecule has 0 radical (unpaired) electrons. The molecule has 0 aliphatic heterocycles. The van der Waals surface area contributed by atoms with Crippen LogP contribution in [0.25, 0.3) is 11.0 Å². The molecule has 0 unspecified atom stereocenters. The number of halogens is 2. The van der Waals surface area contributed by atoms with Gasteiger partial charge in [0.1, 0.15) is 5.65 Å². The van der Waals surface area contributed by atoms with Gasteiger partial charge >= 0.3 is 0 Å². The van der Waals surface area contributed by atoms with E-state index in [9.17, 15) is 0 Å². The van der Waals surface area contributed by atoms with Gasteiger partial charge < -0.3 is 10.3 Å². The Morgan fingerprint density at radius 3 is 2.76 bits per heavy atom. The van der Waals surface area contributed by atoms with Crippen LogP contribution in [0.15, 0.2) is 42.7 Å². The Morgan fingerprint density at radius 2 is 2.00 bits per heavy atom. The van der Waals surface area contributed by atoms with Crippen molar-refractivity contribution in [2.45, 2.75) is 13.0 Å². The standard InChI is InChI=1S/C16H15Cl2N3/c17-14-4-3-11(8-15(14)18)9-21-10-12(5-6-19)13-2-1-7-20-16(13)21/h1-4,7-8,10H,5-6,9,19H2. The first kappa shape index (κ1) is 14.4. The number of hydrogen-bond acceptors (Lipinski definition) is 2. The fourth-order valence-corrected chi connectivity index (χ4v) is 2.83. The lowest BCUT2D eigenvalue weighted by atomic mass is 10.2. The van der Waals surface area contributed by atoms with Gasteiger partial charge in [-0.1, -0.05) is 29.3 Å². The smallest absolute Gasteiger partial charge is 0.140 e. The van der Waals surface area contributed by atoms with Gasteiger partial charge in [-0.25, -0.2) is 4.98 Å². The zero-order valence-corrected chi connectivity index (χ0v) is 12.9. The molecular weight excluding hydrogens is 305 g/mol. The molecule has 2 heterocycles. The Bertz CT molecular complexity index is 780. The van der Waals surface area contributed by atoms with E-state index in [1.165, 1.54) is 5.56 Å². The van der Waals surface area contributed by atoms with Crippen molar-refractivity contribution in [3.05, 3.63) is 63.9 Å². The first-order valence-corrected chi connectivity index (χ1v) is 7.51.